The number of sulfone groups is 1. The van der Waals surface area contributed by atoms with Gasteiger partial charge in [0.25, 0.3) is 5.91 Å². The van der Waals surface area contributed by atoms with E-state index < -0.39 is 9.84 Å². The lowest BCUT2D eigenvalue weighted by atomic mass is 10.2. The zero-order valence-electron chi connectivity index (χ0n) is 14.1. The van der Waals surface area contributed by atoms with Gasteiger partial charge < -0.3 is 4.90 Å². The molecule has 1 aromatic carbocycles. The van der Waals surface area contributed by atoms with Crippen LogP contribution in [0.15, 0.2) is 36.4 Å². The highest BCUT2D eigenvalue weighted by Crippen LogP contribution is 2.40. The van der Waals surface area contributed by atoms with Gasteiger partial charge in [-0.05, 0) is 37.5 Å². The number of rotatable bonds is 4. The number of aromatic nitrogens is 2. The maximum atomic E-state index is 13.1. The van der Waals surface area contributed by atoms with Crippen LogP contribution in [0.25, 0.3) is 5.69 Å². The molecule has 2 aliphatic rings. The second kappa shape index (κ2) is 5.98. The maximum Gasteiger partial charge on any atom is 0.272 e. The molecule has 1 saturated heterocycles. The van der Waals surface area contributed by atoms with E-state index in [4.69, 9.17) is 0 Å². The minimum Gasteiger partial charge on any atom is -0.336 e. The molecule has 1 aliphatic carbocycles. The molecular weight excluding hydrogens is 338 g/mol. The summed E-state index contributed by atoms with van der Waals surface area (Å²) in [6, 6.07) is 11.2. The number of carbonyl (C=O) groups is 1. The molecule has 0 radical (unpaired) electrons. The van der Waals surface area contributed by atoms with Gasteiger partial charge in [0.15, 0.2) is 9.84 Å². The third-order valence-corrected chi connectivity index (χ3v) is 6.77. The summed E-state index contributed by atoms with van der Waals surface area (Å²) in [6.07, 6.45) is 2.71. The highest BCUT2D eigenvalue weighted by Gasteiger charge is 2.35. The van der Waals surface area contributed by atoms with Gasteiger partial charge in [-0.15, -0.1) is 0 Å². The molecule has 2 aromatic rings. The van der Waals surface area contributed by atoms with Crippen molar-refractivity contribution in [2.24, 2.45) is 0 Å². The van der Waals surface area contributed by atoms with Gasteiger partial charge in [0.2, 0.25) is 0 Å². The number of nitrogens with zero attached hydrogens (tertiary/aromatic N) is 3. The fraction of sp³-hybridized carbons (Fsp3) is 0.444. The molecule has 6 nitrogen and oxygen atoms in total. The van der Waals surface area contributed by atoms with Crippen LogP contribution in [-0.2, 0) is 9.84 Å². The SMILES string of the molecule is CN(C(=O)c1cc(C2CC2)nn1-c1ccccc1)C1CCS(=O)(=O)C1. The Morgan fingerprint density at radius 1 is 1.20 bits per heavy atom. The van der Waals surface area contributed by atoms with Crippen molar-refractivity contribution in [2.45, 2.75) is 31.2 Å². The zero-order valence-corrected chi connectivity index (χ0v) is 14.9. The fourth-order valence-corrected chi connectivity index (χ4v) is 5.10. The molecule has 1 saturated carbocycles. The average molecular weight is 359 g/mol. The lowest BCUT2D eigenvalue weighted by molar-refractivity contribution is 0.0738. The van der Waals surface area contributed by atoms with Crippen molar-refractivity contribution in [3.05, 3.63) is 47.8 Å². The minimum atomic E-state index is -3.03. The predicted molar refractivity (Wildman–Crippen MR) is 94.7 cm³/mol. The van der Waals surface area contributed by atoms with E-state index in [0.29, 0.717) is 18.0 Å². The van der Waals surface area contributed by atoms with Crippen LogP contribution in [0.2, 0.25) is 0 Å². The van der Waals surface area contributed by atoms with E-state index in [0.717, 1.165) is 24.2 Å². The number of amides is 1. The molecule has 1 unspecified atom stereocenters. The Morgan fingerprint density at radius 3 is 2.52 bits per heavy atom. The van der Waals surface area contributed by atoms with Crippen molar-refractivity contribution >= 4 is 15.7 Å². The average Bonchev–Trinajstić information content (AvgIpc) is 3.26. The summed E-state index contributed by atoms with van der Waals surface area (Å²) in [5.41, 5.74) is 2.28. The summed E-state index contributed by atoms with van der Waals surface area (Å²) in [7, 11) is -1.35. The molecule has 1 aliphatic heterocycles. The summed E-state index contributed by atoms with van der Waals surface area (Å²) in [6.45, 7) is 0. The van der Waals surface area contributed by atoms with Gasteiger partial charge in [0.05, 0.1) is 22.9 Å². The van der Waals surface area contributed by atoms with Crippen molar-refractivity contribution in [1.29, 1.82) is 0 Å². The van der Waals surface area contributed by atoms with Crippen LogP contribution >= 0.6 is 0 Å². The molecule has 1 amide bonds. The summed E-state index contributed by atoms with van der Waals surface area (Å²) < 4.78 is 25.2. The van der Waals surface area contributed by atoms with Crippen LogP contribution in [0.3, 0.4) is 0 Å². The smallest absolute Gasteiger partial charge is 0.272 e. The Kier molecular flexibility index (Phi) is 3.91. The monoisotopic (exact) mass is 359 g/mol. The van der Waals surface area contributed by atoms with Gasteiger partial charge in [0.1, 0.15) is 5.69 Å². The fourth-order valence-electron chi connectivity index (χ4n) is 3.32. The Balaban J connectivity index is 1.68. The van der Waals surface area contributed by atoms with Crippen molar-refractivity contribution in [3.8, 4) is 5.69 Å². The molecule has 0 N–H and O–H groups in total. The number of benzene rings is 1. The summed E-state index contributed by atoms with van der Waals surface area (Å²) >= 11 is 0. The van der Waals surface area contributed by atoms with E-state index in [9.17, 15) is 13.2 Å². The molecule has 7 heteroatoms. The topological polar surface area (TPSA) is 72.3 Å². The number of hydrogen-bond donors (Lipinski definition) is 0. The summed E-state index contributed by atoms with van der Waals surface area (Å²) in [5.74, 6) is 0.462. The van der Waals surface area contributed by atoms with Crippen molar-refractivity contribution in [3.63, 3.8) is 0 Å². The van der Waals surface area contributed by atoms with Gasteiger partial charge in [-0.1, -0.05) is 18.2 Å². The van der Waals surface area contributed by atoms with Gasteiger partial charge >= 0.3 is 0 Å². The molecule has 0 spiro atoms. The molecule has 1 atom stereocenters. The first-order valence-corrected chi connectivity index (χ1v) is 10.4. The Morgan fingerprint density at radius 2 is 1.92 bits per heavy atom. The van der Waals surface area contributed by atoms with Gasteiger partial charge in [-0.25, -0.2) is 13.1 Å². The van der Waals surface area contributed by atoms with E-state index in [1.807, 2.05) is 36.4 Å². The van der Waals surface area contributed by atoms with Gasteiger partial charge in [-0.3, -0.25) is 4.79 Å². The predicted octanol–water partition coefficient (Wildman–Crippen LogP) is 2.01. The van der Waals surface area contributed by atoms with Crippen LogP contribution in [-0.4, -0.2) is 53.6 Å². The third kappa shape index (κ3) is 3.20. The molecule has 25 heavy (non-hydrogen) atoms. The molecular formula is C18H21N3O3S. The van der Waals surface area contributed by atoms with E-state index in [-0.39, 0.29) is 23.5 Å². The first-order chi connectivity index (χ1) is 11.9. The van der Waals surface area contributed by atoms with E-state index in [1.165, 1.54) is 0 Å². The lowest BCUT2D eigenvalue weighted by Crippen LogP contribution is -2.38. The van der Waals surface area contributed by atoms with Crippen LogP contribution in [0.5, 0.6) is 0 Å². The molecule has 0 bridgehead atoms. The molecule has 4 rings (SSSR count). The van der Waals surface area contributed by atoms with E-state index in [2.05, 4.69) is 5.10 Å². The van der Waals surface area contributed by atoms with Gasteiger partial charge in [0, 0.05) is 19.0 Å². The molecule has 2 fully saturated rings. The molecule has 2 heterocycles. The first-order valence-electron chi connectivity index (χ1n) is 8.57. The summed E-state index contributed by atoms with van der Waals surface area (Å²) in [4.78, 5) is 14.6. The highest BCUT2D eigenvalue weighted by molar-refractivity contribution is 7.91. The molecule has 132 valence electrons. The first kappa shape index (κ1) is 16.3. The minimum absolute atomic E-state index is 0.0458. The van der Waals surface area contributed by atoms with Crippen molar-refractivity contribution < 1.29 is 13.2 Å². The third-order valence-electron chi connectivity index (χ3n) is 5.02. The maximum absolute atomic E-state index is 13.1. The quantitative estimate of drug-likeness (QED) is 0.837. The van der Waals surface area contributed by atoms with Crippen molar-refractivity contribution in [1.82, 2.24) is 14.7 Å². The largest absolute Gasteiger partial charge is 0.336 e. The van der Waals surface area contributed by atoms with Crippen LogP contribution in [0.4, 0.5) is 0 Å². The summed E-state index contributed by atoms with van der Waals surface area (Å²) in [5, 5.41) is 4.65. The van der Waals surface area contributed by atoms with Crippen molar-refractivity contribution in [2.75, 3.05) is 18.6 Å². The highest BCUT2D eigenvalue weighted by atomic mass is 32.2. The van der Waals surface area contributed by atoms with Crippen LogP contribution in [0.1, 0.15) is 41.4 Å². The second-order valence-corrected chi connectivity index (χ2v) is 9.18. The van der Waals surface area contributed by atoms with Gasteiger partial charge in [-0.2, -0.15) is 5.10 Å². The zero-order chi connectivity index (χ0) is 17.6. The number of carbonyl (C=O) groups excluding carboxylic acids is 1. The molecule has 1 aromatic heterocycles. The normalized spacial score (nSPS) is 22.0. The Hall–Kier alpha value is -2.15. The van der Waals surface area contributed by atoms with Crippen LogP contribution in [0, 0.1) is 0 Å². The number of hydrogen-bond acceptors (Lipinski definition) is 4. The Labute approximate surface area is 147 Å². The van der Waals surface area contributed by atoms with E-state index in [1.54, 1.807) is 16.6 Å². The Bertz CT molecular complexity index is 901. The number of para-hydroxylation sites is 1. The van der Waals surface area contributed by atoms with Crippen LogP contribution < -0.4 is 0 Å². The lowest BCUT2D eigenvalue weighted by Gasteiger charge is -2.23. The second-order valence-electron chi connectivity index (χ2n) is 6.95. The standard InChI is InChI=1S/C18H21N3O3S/c1-20(15-9-10-25(23,24)12-15)18(22)17-11-16(13-7-8-13)19-21(17)14-5-3-2-4-6-14/h2-6,11,13,15H,7-10,12H2,1H3. The van der Waals surface area contributed by atoms with E-state index >= 15 is 0 Å².